The number of ether oxygens (including phenoxy) is 1. The first kappa shape index (κ1) is 22.3. The zero-order valence-electron chi connectivity index (χ0n) is 16.1. The van der Waals surface area contributed by atoms with E-state index in [1.54, 1.807) is 32.9 Å². The average molecular weight is 475 g/mol. The third-order valence-corrected chi connectivity index (χ3v) is 4.51. The van der Waals surface area contributed by atoms with E-state index in [-0.39, 0.29) is 11.4 Å². The molecule has 0 fully saturated rings. The van der Waals surface area contributed by atoms with Crippen molar-refractivity contribution in [1.82, 2.24) is 0 Å². The van der Waals surface area contributed by atoms with Crippen LogP contribution in [0.5, 0.6) is 0 Å². The predicted molar refractivity (Wildman–Crippen MR) is 111 cm³/mol. The van der Waals surface area contributed by atoms with Crippen molar-refractivity contribution in [3.63, 3.8) is 0 Å². The Morgan fingerprint density at radius 1 is 1.11 bits per heavy atom. The highest BCUT2D eigenvalue weighted by molar-refractivity contribution is 9.10. The van der Waals surface area contributed by atoms with Crippen LogP contribution in [0.1, 0.15) is 20.8 Å². The van der Waals surface area contributed by atoms with Crippen molar-refractivity contribution in [1.29, 1.82) is 0 Å². The molecule has 0 aliphatic rings. The molecule has 2 aromatic carbocycles. The van der Waals surface area contributed by atoms with Gasteiger partial charge in [0.25, 0.3) is 0 Å². The van der Waals surface area contributed by atoms with Crippen molar-refractivity contribution < 1.29 is 22.5 Å². The molecule has 0 N–H and O–H groups in total. The number of carbonyl (C=O) groups excluding carboxylic acids is 1. The summed E-state index contributed by atoms with van der Waals surface area (Å²) in [6.07, 6.45) is 2.16. The Morgan fingerprint density at radius 3 is 2.21 bits per heavy atom. The number of benzene rings is 2. The third-order valence-electron chi connectivity index (χ3n) is 3.22. The molecule has 0 heterocycles. The summed E-state index contributed by atoms with van der Waals surface area (Å²) < 4.78 is 49.6. The maximum atomic E-state index is 14.5. The zero-order valence-corrected chi connectivity index (χ0v) is 18.5. The summed E-state index contributed by atoms with van der Waals surface area (Å²) in [5.74, 6) is -1.68. The van der Waals surface area contributed by atoms with Gasteiger partial charge in [-0.05, 0) is 67.0 Å². The number of amides is 1. The first-order valence-electron chi connectivity index (χ1n) is 8.22. The SMILES string of the molecule is CC(C)(C)OC(=O)N(c1ccc(F)cc1F)c1ccc(N=S(C)(C)=O)cc1Br. The fourth-order valence-electron chi connectivity index (χ4n) is 2.28. The van der Waals surface area contributed by atoms with Crippen molar-refractivity contribution in [2.24, 2.45) is 4.36 Å². The molecule has 0 spiro atoms. The molecule has 5 nitrogen and oxygen atoms in total. The van der Waals surface area contributed by atoms with E-state index in [0.717, 1.165) is 17.0 Å². The highest BCUT2D eigenvalue weighted by Crippen LogP contribution is 2.37. The summed E-state index contributed by atoms with van der Waals surface area (Å²) in [5.41, 5.74) is -0.314. The second kappa shape index (κ2) is 8.16. The molecule has 0 aliphatic heterocycles. The number of hydrogen-bond acceptors (Lipinski definition) is 4. The van der Waals surface area contributed by atoms with Crippen LogP contribution in [0.25, 0.3) is 0 Å². The Hall–Kier alpha value is -2.00. The van der Waals surface area contributed by atoms with E-state index in [1.807, 2.05) is 0 Å². The van der Waals surface area contributed by atoms with Crippen LogP contribution < -0.4 is 4.90 Å². The largest absolute Gasteiger partial charge is 0.443 e. The van der Waals surface area contributed by atoms with Gasteiger partial charge in [0.2, 0.25) is 0 Å². The van der Waals surface area contributed by atoms with E-state index in [1.165, 1.54) is 18.6 Å². The van der Waals surface area contributed by atoms with E-state index in [0.29, 0.717) is 16.2 Å². The molecule has 9 heteroatoms. The molecule has 0 bridgehead atoms. The van der Waals surface area contributed by atoms with E-state index in [9.17, 15) is 17.8 Å². The highest BCUT2D eigenvalue weighted by atomic mass is 79.9. The predicted octanol–water partition coefficient (Wildman–Crippen LogP) is 6.16. The Bertz CT molecular complexity index is 1020. The van der Waals surface area contributed by atoms with Crippen LogP contribution in [0.2, 0.25) is 0 Å². The lowest BCUT2D eigenvalue weighted by Gasteiger charge is -2.28. The molecule has 0 radical (unpaired) electrons. The number of hydrogen-bond donors (Lipinski definition) is 0. The zero-order chi connectivity index (χ0) is 21.3. The number of rotatable bonds is 3. The van der Waals surface area contributed by atoms with Gasteiger partial charge >= 0.3 is 6.09 Å². The Balaban J connectivity index is 2.62. The van der Waals surface area contributed by atoms with Gasteiger partial charge in [-0.3, -0.25) is 0 Å². The number of carbonyl (C=O) groups is 1. The van der Waals surface area contributed by atoms with Gasteiger partial charge in [-0.2, -0.15) is 4.36 Å². The van der Waals surface area contributed by atoms with Crippen LogP contribution in [-0.2, 0) is 14.5 Å². The first-order chi connectivity index (χ1) is 12.8. The monoisotopic (exact) mass is 474 g/mol. The minimum atomic E-state index is -2.38. The lowest BCUT2D eigenvalue weighted by atomic mass is 10.2. The number of anilines is 2. The second-order valence-corrected chi connectivity index (χ2v) is 10.7. The molecule has 152 valence electrons. The lowest BCUT2D eigenvalue weighted by Crippen LogP contribution is -2.34. The van der Waals surface area contributed by atoms with Crippen molar-refractivity contribution in [2.75, 3.05) is 17.4 Å². The van der Waals surface area contributed by atoms with Gasteiger partial charge in [-0.1, -0.05) is 0 Å². The van der Waals surface area contributed by atoms with E-state index >= 15 is 0 Å². The van der Waals surface area contributed by atoms with Crippen LogP contribution in [0, 0.1) is 11.6 Å². The van der Waals surface area contributed by atoms with Crippen molar-refractivity contribution in [3.8, 4) is 0 Å². The smallest absolute Gasteiger partial charge is 0.419 e. The molecule has 1 amide bonds. The minimum absolute atomic E-state index is 0.171. The third kappa shape index (κ3) is 6.00. The van der Waals surface area contributed by atoms with E-state index < -0.39 is 33.1 Å². The van der Waals surface area contributed by atoms with Gasteiger partial charge in [0.05, 0.1) is 17.1 Å². The van der Waals surface area contributed by atoms with Gasteiger partial charge in [0, 0.05) is 32.8 Å². The molecular weight excluding hydrogens is 454 g/mol. The second-order valence-electron chi connectivity index (χ2n) is 7.32. The van der Waals surface area contributed by atoms with Crippen LogP contribution in [-0.4, -0.2) is 28.4 Å². The Labute approximate surface area is 172 Å². The van der Waals surface area contributed by atoms with Crippen molar-refractivity contribution >= 4 is 48.8 Å². The van der Waals surface area contributed by atoms with E-state index in [4.69, 9.17) is 4.74 Å². The number of nitrogens with zero attached hydrogens (tertiary/aromatic N) is 2. The maximum Gasteiger partial charge on any atom is 0.419 e. The van der Waals surface area contributed by atoms with Gasteiger partial charge in [-0.25, -0.2) is 22.7 Å². The molecule has 28 heavy (non-hydrogen) atoms. The summed E-state index contributed by atoms with van der Waals surface area (Å²) in [5, 5.41) is 0. The summed E-state index contributed by atoms with van der Waals surface area (Å²) in [6, 6.07) is 7.52. The Kier molecular flexibility index (Phi) is 6.50. The maximum absolute atomic E-state index is 14.5. The molecule has 0 aromatic heterocycles. The normalized spacial score (nSPS) is 11.9. The topological polar surface area (TPSA) is 59.0 Å². The minimum Gasteiger partial charge on any atom is -0.443 e. The fourth-order valence-corrected chi connectivity index (χ4v) is 3.45. The molecule has 0 aliphatic carbocycles. The van der Waals surface area contributed by atoms with Crippen LogP contribution >= 0.6 is 15.9 Å². The van der Waals surface area contributed by atoms with Crippen molar-refractivity contribution in [3.05, 3.63) is 52.5 Å². The standard InChI is InChI=1S/C19H21BrF2N2O3S/c1-19(2,3)27-18(25)24(17-8-6-12(21)10-15(17)22)16-9-7-13(11-14(16)20)23-28(4,5)26/h6-11H,1-5H3. The summed E-state index contributed by atoms with van der Waals surface area (Å²) in [6.45, 7) is 5.04. The van der Waals surface area contributed by atoms with Crippen LogP contribution in [0.15, 0.2) is 45.2 Å². The van der Waals surface area contributed by atoms with E-state index in [2.05, 4.69) is 20.3 Å². The molecule has 0 atom stereocenters. The quantitative estimate of drug-likeness (QED) is 0.534. The molecule has 0 saturated heterocycles. The average Bonchev–Trinajstić information content (AvgIpc) is 2.48. The van der Waals surface area contributed by atoms with Gasteiger partial charge in [-0.15, -0.1) is 0 Å². The van der Waals surface area contributed by atoms with Crippen LogP contribution in [0.4, 0.5) is 30.6 Å². The molecule has 2 aromatic rings. The highest BCUT2D eigenvalue weighted by Gasteiger charge is 2.28. The lowest BCUT2D eigenvalue weighted by molar-refractivity contribution is 0.0598. The molecule has 0 unspecified atom stereocenters. The summed E-state index contributed by atoms with van der Waals surface area (Å²) in [7, 11) is -2.38. The summed E-state index contributed by atoms with van der Waals surface area (Å²) >= 11 is 3.34. The van der Waals surface area contributed by atoms with Crippen molar-refractivity contribution in [2.45, 2.75) is 26.4 Å². The van der Waals surface area contributed by atoms with Gasteiger partial charge in [0.15, 0.2) is 0 Å². The van der Waals surface area contributed by atoms with Crippen LogP contribution in [0.3, 0.4) is 0 Å². The first-order valence-corrected chi connectivity index (χ1v) is 11.3. The number of halogens is 3. The molecule has 0 saturated carbocycles. The Morgan fingerprint density at radius 2 is 1.71 bits per heavy atom. The fraction of sp³-hybridized carbons (Fsp3) is 0.316. The van der Waals surface area contributed by atoms with Gasteiger partial charge < -0.3 is 4.74 Å². The summed E-state index contributed by atoms with van der Waals surface area (Å²) in [4.78, 5) is 13.8. The molecular formula is C19H21BrF2N2O3S. The van der Waals surface area contributed by atoms with Gasteiger partial charge in [0.1, 0.15) is 17.2 Å². The molecule has 2 rings (SSSR count).